The summed E-state index contributed by atoms with van der Waals surface area (Å²) in [5.74, 6) is -6.05. The molecule has 1 aromatic carbocycles. The van der Waals surface area contributed by atoms with Crippen LogP contribution < -0.4 is 4.74 Å². The van der Waals surface area contributed by atoms with Crippen molar-refractivity contribution in [2.24, 2.45) is 0 Å². The summed E-state index contributed by atoms with van der Waals surface area (Å²) in [6.45, 7) is 1.34. The third-order valence-corrected chi connectivity index (χ3v) is 3.60. The van der Waals surface area contributed by atoms with E-state index < -0.39 is 46.4 Å². The highest BCUT2D eigenvalue weighted by Gasteiger charge is 2.38. The van der Waals surface area contributed by atoms with Crippen LogP contribution in [0, 0.1) is 0 Å². The molecule has 0 aliphatic carbocycles. The van der Waals surface area contributed by atoms with Crippen molar-refractivity contribution in [1.29, 1.82) is 0 Å². The molecule has 1 aromatic heterocycles. The van der Waals surface area contributed by atoms with Crippen LogP contribution in [0.1, 0.15) is 48.6 Å². The predicted molar refractivity (Wildman–Crippen MR) is 89.2 cm³/mol. The highest BCUT2D eigenvalue weighted by atomic mass is 16.5. The molecule has 0 aliphatic heterocycles. The number of aromatic carboxylic acids is 3. The Morgan fingerprint density at radius 3 is 1.81 bits per heavy atom. The number of aromatic nitrogens is 1. The highest BCUT2D eigenvalue weighted by molar-refractivity contribution is 6.14. The topological polar surface area (TPSA) is 152 Å². The zero-order valence-corrected chi connectivity index (χ0v) is 14.3. The van der Waals surface area contributed by atoms with E-state index in [0.29, 0.717) is 5.75 Å². The summed E-state index contributed by atoms with van der Waals surface area (Å²) in [6.07, 6.45) is 0. The summed E-state index contributed by atoms with van der Waals surface area (Å²) in [5, 5.41) is 28.4. The van der Waals surface area contributed by atoms with E-state index in [1.807, 2.05) is 0 Å². The Hall–Kier alpha value is -3.82. The first-order valence-corrected chi connectivity index (χ1v) is 7.54. The van der Waals surface area contributed by atoms with Crippen molar-refractivity contribution in [2.45, 2.75) is 6.92 Å². The van der Waals surface area contributed by atoms with E-state index in [2.05, 4.69) is 0 Å². The van der Waals surface area contributed by atoms with Crippen molar-refractivity contribution in [3.05, 3.63) is 46.8 Å². The van der Waals surface area contributed by atoms with E-state index in [1.165, 1.54) is 38.3 Å². The zero-order valence-electron chi connectivity index (χ0n) is 14.3. The molecule has 0 saturated carbocycles. The average molecular weight is 377 g/mol. The molecule has 2 aromatic rings. The van der Waals surface area contributed by atoms with Gasteiger partial charge >= 0.3 is 23.9 Å². The summed E-state index contributed by atoms with van der Waals surface area (Å²) in [6, 6.07) is 5.59. The molecule has 1 heterocycles. The number of nitrogens with zero attached hydrogens (tertiary/aromatic N) is 1. The van der Waals surface area contributed by atoms with Gasteiger partial charge in [0.25, 0.3) is 0 Å². The second-order valence-corrected chi connectivity index (χ2v) is 5.12. The maximum absolute atomic E-state index is 12.4. The molecule has 0 atom stereocenters. The molecule has 10 heteroatoms. The largest absolute Gasteiger partial charge is 0.497 e. The zero-order chi connectivity index (χ0) is 20.3. The smallest absolute Gasteiger partial charge is 0.356 e. The maximum atomic E-state index is 12.4. The quantitative estimate of drug-likeness (QED) is 0.613. The predicted octanol–water partition coefficient (Wildman–Crippen LogP) is 1.76. The monoisotopic (exact) mass is 377 g/mol. The summed E-state index contributed by atoms with van der Waals surface area (Å²) in [7, 11) is 1.41. The number of rotatable bonds is 7. The standard InChI is InChI=1S/C17H15NO9/c1-3-27-17(25)13-11(15(21)22)10(14(19)20)12(16(23)24)18(13)8-4-6-9(26-2)7-5-8/h4-7H,3H2,1-2H3,(H,19,20)(H,21,22)(H,23,24). The van der Waals surface area contributed by atoms with E-state index in [1.54, 1.807) is 0 Å². The SMILES string of the molecule is CCOC(=O)c1c(C(=O)O)c(C(=O)O)c(C(=O)O)n1-c1ccc(OC)cc1. The molecule has 0 spiro atoms. The first kappa shape index (κ1) is 19.5. The molecule has 0 unspecified atom stereocenters. The van der Waals surface area contributed by atoms with Crippen LogP contribution in [-0.2, 0) is 4.74 Å². The number of carboxylic acids is 3. The van der Waals surface area contributed by atoms with Gasteiger partial charge in [-0.2, -0.15) is 0 Å². The molecule has 10 nitrogen and oxygen atoms in total. The Labute approximate surface area is 152 Å². The van der Waals surface area contributed by atoms with Gasteiger partial charge in [0.2, 0.25) is 0 Å². The summed E-state index contributed by atoms with van der Waals surface area (Å²) in [5.41, 5.74) is -3.52. The molecular formula is C17H15NO9. The lowest BCUT2D eigenvalue weighted by Crippen LogP contribution is -2.17. The Kier molecular flexibility index (Phi) is 5.49. The van der Waals surface area contributed by atoms with Gasteiger partial charge < -0.3 is 24.8 Å². The molecular weight excluding hydrogens is 362 g/mol. The number of carbonyl (C=O) groups is 4. The second-order valence-electron chi connectivity index (χ2n) is 5.12. The maximum Gasteiger partial charge on any atom is 0.356 e. The number of methoxy groups -OCH3 is 1. The molecule has 3 N–H and O–H groups in total. The van der Waals surface area contributed by atoms with Crippen LogP contribution in [0.3, 0.4) is 0 Å². The van der Waals surface area contributed by atoms with Crippen molar-refractivity contribution >= 4 is 23.9 Å². The van der Waals surface area contributed by atoms with E-state index in [4.69, 9.17) is 9.47 Å². The Bertz CT molecular complexity index is 925. The summed E-state index contributed by atoms with van der Waals surface area (Å²) >= 11 is 0. The van der Waals surface area contributed by atoms with Gasteiger partial charge in [0.15, 0.2) is 0 Å². The second kappa shape index (κ2) is 7.60. The van der Waals surface area contributed by atoms with E-state index in [-0.39, 0.29) is 12.3 Å². The molecule has 0 saturated heterocycles. The van der Waals surface area contributed by atoms with Gasteiger partial charge in [-0.25, -0.2) is 19.2 Å². The van der Waals surface area contributed by atoms with Crippen molar-refractivity contribution in [3.63, 3.8) is 0 Å². The van der Waals surface area contributed by atoms with Gasteiger partial charge in [-0.15, -0.1) is 0 Å². The minimum atomic E-state index is -1.80. The lowest BCUT2D eigenvalue weighted by molar-refractivity contribution is 0.0505. The minimum absolute atomic E-state index is 0.0475. The highest BCUT2D eigenvalue weighted by Crippen LogP contribution is 2.29. The third kappa shape index (κ3) is 3.45. The summed E-state index contributed by atoms with van der Waals surface area (Å²) in [4.78, 5) is 47.4. The van der Waals surface area contributed by atoms with Gasteiger partial charge in [0, 0.05) is 5.69 Å². The number of ether oxygens (including phenoxy) is 2. The van der Waals surface area contributed by atoms with E-state index in [0.717, 1.165) is 4.57 Å². The first-order chi connectivity index (χ1) is 12.7. The Balaban J connectivity index is 2.99. The minimum Gasteiger partial charge on any atom is -0.497 e. The van der Waals surface area contributed by atoms with Gasteiger partial charge in [-0.1, -0.05) is 0 Å². The molecule has 0 amide bonds. The van der Waals surface area contributed by atoms with E-state index in [9.17, 15) is 34.5 Å². The van der Waals surface area contributed by atoms with Crippen LogP contribution in [0.15, 0.2) is 24.3 Å². The number of carboxylic acid groups (broad SMARTS) is 3. The van der Waals surface area contributed by atoms with Crippen LogP contribution in [-0.4, -0.2) is 57.5 Å². The fourth-order valence-electron chi connectivity index (χ4n) is 2.57. The van der Waals surface area contributed by atoms with Crippen molar-refractivity contribution in [1.82, 2.24) is 4.57 Å². The molecule has 142 valence electrons. The summed E-state index contributed by atoms with van der Waals surface area (Å²) < 4.78 is 10.6. The third-order valence-electron chi connectivity index (χ3n) is 3.60. The lowest BCUT2D eigenvalue weighted by atomic mass is 10.1. The average Bonchev–Trinajstić information content (AvgIpc) is 2.99. The van der Waals surface area contributed by atoms with Crippen LogP contribution in [0.5, 0.6) is 5.75 Å². The van der Waals surface area contributed by atoms with Crippen LogP contribution in [0.2, 0.25) is 0 Å². The number of benzene rings is 1. The molecule has 0 radical (unpaired) electrons. The van der Waals surface area contributed by atoms with Crippen molar-refractivity contribution < 1.29 is 44.0 Å². The van der Waals surface area contributed by atoms with Gasteiger partial charge in [-0.3, -0.25) is 4.57 Å². The van der Waals surface area contributed by atoms with Gasteiger partial charge in [0.1, 0.15) is 28.3 Å². The van der Waals surface area contributed by atoms with Gasteiger partial charge in [-0.05, 0) is 31.2 Å². The van der Waals surface area contributed by atoms with Crippen LogP contribution >= 0.6 is 0 Å². The molecule has 0 aliphatic rings. The molecule has 27 heavy (non-hydrogen) atoms. The number of hydrogen-bond acceptors (Lipinski definition) is 6. The van der Waals surface area contributed by atoms with Crippen LogP contribution in [0.25, 0.3) is 5.69 Å². The normalized spacial score (nSPS) is 10.3. The van der Waals surface area contributed by atoms with E-state index >= 15 is 0 Å². The fraction of sp³-hybridized carbons (Fsp3) is 0.176. The Morgan fingerprint density at radius 2 is 1.41 bits per heavy atom. The number of esters is 1. The molecule has 2 rings (SSSR count). The van der Waals surface area contributed by atoms with Crippen molar-refractivity contribution in [2.75, 3.05) is 13.7 Å². The lowest BCUT2D eigenvalue weighted by Gasteiger charge is -2.12. The van der Waals surface area contributed by atoms with Crippen LogP contribution in [0.4, 0.5) is 0 Å². The number of hydrogen-bond donors (Lipinski definition) is 3. The van der Waals surface area contributed by atoms with Gasteiger partial charge in [0.05, 0.1) is 13.7 Å². The number of carbonyl (C=O) groups excluding carboxylic acids is 1. The molecule has 0 bridgehead atoms. The molecule has 0 fully saturated rings. The fourth-order valence-corrected chi connectivity index (χ4v) is 2.57. The van der Waals surface area contributed by atoms with Crippen molar-refractivity contribution in [3.8, 4) is 11.4 Å². The Morgan fingerprint density at radius 1 is 0.889 bits per heavy atom. The first-order valence-electron chi connectivity index (χ1n) is 7.54.